The van der Waals surface area contributed by atoms with Crippen molar-refractivity contribution >= 4 is 46.3 Å². The molecule has 1 fully saturated rings. The van der Waals surface area contributed by atoms with Gasteiger partial charge in [0.2, 0.25) is 15.9 Å². The molecule has 0 unspecified atom stereocenters. The van der Waals surface area contributed by atoms with Crippen LogP contribution in [0.5, 0.6) is 0 Å². The SMILES string of the molecule is CC[C@@H](C)NC(=O)CC1CCN(C(=O)c2nnc(C(=O)Nc3ccc(Cl)cc3)s2)CC1. The Morgan fingerprint density at radius 1 is 1.16 bits per heavy atom. The van der Waals surface area contributed by atoms with Crippen molar-refractivity contribution in [3.63, 3.8) is 0 Å². The van der Waals surface area contributed by atoms with E-state index in [0.29, 0.717) is 30.2 Å². The van der Waals surface area contributed by atoms with Gasteiger partial charge in [0.1, 0.15) is 0 Å². The van der Waals surface area contributed by atoms with Crippen molar-refractivity contribution in [3.8, 4) is 0 Å². The molecular formula is C21H26ClN5O3S. The molecule has 1 atom stereocenters. The summed E-state index contributed by atoms with van der Waals surface area (Å²) in [6, 6.07) is 6.88. The zero-order chi connectivity index (χ0) is 22.4. The molecule has 0 saturated carbocycles. The molecular weight excluding hydrogens is 438 g/mol. The number of nitrogens with zero attached hydrogens (tertiary/aromatic N) is 3. The van der Waals surface area contributed by atoms with Crippen molar-refractivity contribution in [1.82, 2.24) is 20.4 Å². The Balaban J connectivity index is 1.50. The molecule has 1 aromatic heterocycles. The zero-order valence-corrected chi connectivity index (χ0v) is 19.1. The van der Waals surface area contributed by atoms with E-state index in [-0.39, 0.29) is 33.8 Å². The first-order valence-electron chi connectivity index (χ1n) is 10.3. The van der Waals surface area contributed by atoms with E-state index in [1.807, 2.05) is 13.8 Å². The Morgan fingerprint density at radius 2 is 1.81 bits per heavy atom. The van der Waals surface area contributed by atoms with Crippen LogP contribution in [0.2, 0.25) is 5.02 Å². The van der Waals surface area contributed by atoms with Crippen molar-refractivity contribution in [2.45, 2.75) is 45.6 Å². The summed E-state index contributed by atoms with van der Waals surface area (Å²) in [5.41, 5.74) is 0.580. The van der Waals surface area contributed by atoms with Crippen LogP contribution in [-0.2, 0) is 4.79 Å². The molecule has 1 aliphatic rings. The van der Waals surface area contributed by atoms with E-state index >= 15 is 0 Å². The number of rotatable bonds is 7. The van der Waals surface area contributed by atoms with Crippen LogP contribution in [0.15, 0.2) is 24.3 Å². The first-order valence-corrected chi connectivity index (χ1v) is 11.5. The van der Waals surface area contributed by atoms with Gasteiger partial charge >= 0.3 is 0 Å². The van der Waals surface area contributed by atoms with Crippen LogP contribution in [0.25, 0.3) is 0 Å². The standard InChI is InChI=1S/C21H26ClN5O3S/c1-3-13(2)23-17(28)12-14-8-10-27(11-9-14)21(30)20-26-25-19(31-20)18(29)24-16-6-4-15(22)5-7-16/h4-7,13-14H,3,8-12H2,1-2H3,(H,23,28)(H,24,29)/t13-/m1/s1. The van der Waals surface area contributed by atoms with Gasteiger partial charge in [-0.2, -0.15) is 0 Å². The van der Waals surface area contributed by atoms with Crippen LogP contribution in [0.3, 0.4) is 0 Å². The number of nitrogens with one attached hydrogen (secondary N) is 2. The highest BCUT2D eigenvalue weighted by Crippen LogP contribution is 2.23. The molecule has 10 heteroatoms. The largest absolute Gasteiger partial charge is 0.354 e. The fourth-order valence-corrected chi connectivity index (χ4v) is 4.13. The fraction of sp³-hybridized carbons (Fsp3) is 0.476. The summed E-state index contributed by atoms with van der Waals surface area (Å²) in [6.45, 7) is 5.15. The van der Waals surface area contributed by atoms with Gasteiger partial charge in [0, 0.05) is 36.3 Å². The highest BCUT2D eigenvalue weighted by atomic mass is 35.5. The monoisotopic (exact) mass is 463 g/mol. The summed E-state index contributed by atoms with van der Waals surface area (Å²) < 4.78 is 0. The van der Waals surface area contributed by atoms with Crippen LogP contribution < -0.4 is 10.6 Å². The average Bonchev–Trinajstić information content (AvgIpc) is 3.25. The number of benzene rings is 1. The van der Waals surface area contributed by atoms with Gasteiger partial charge in [-0.25, -0.2) is 0 Å². The normalized spacial score (nSPS) is 15.4. The van der Waals surface area contributed by atoms with E-state index in [1.165, 1.54) is 0 Å². The number of anilines is 1. The Bertz CT molecular complexity index is 925. The number of hydrogen-bond acceptors (Lipinski definition) is 6. The van der Waals surface area contributed by atoms with Crippen molar-refractivity contribution in [3.05, 3.63) is 39.3 Å². The predicted octanol–water partition coefficient (Wildman–Crippen LogP) is 3.60. The minimum absolute atomic E-state index is 0.0691. The van der Waals surface area contributed by atoms with E-state index in [1.54, 1.807) is 29.2 Å². The van der Waals surface area contributed by atoms with E-state index in [4.69, 9.17) is 11.6 Å². The lowest BCUT2D eigenvalue weighted by Gasteiger charge is -2.31. The molecule has 1 saturated heterocycles. The Morgan fingerprint density at radius 3 is 2.45 bits per heavy atom. The molecule has 8 nitrogen and oxygen atoms in total. The van der Waals surface area contributed by atoms with Gasteiger partial charge in [-0.3, -0.25) is 14.4 Å². The summed E-state index contributed by atoms with van der Waals surface area (Å²) in [7, 11) is 0. The minimum atomic E-state index is -0.426. The van der Waals surface area contributed by atoms with Gasteiger partial charge in [-0.15, -0.1) is 10.2 Å². The van der Waals surface area contributed by atoms with Crippen molar-refractivity contribution < 1.29 is 14.4 Å². The second-order valence-electron chi connectivity index (χ2n) is 7.69. The van der Waals surface area contributed by atoms with Gasteiger partial charge in [-0.05, 0) is 56.4 Å². The number of piperidine rings is 1. The first-order chi connectivity index (χ1) is 14.9. The maximum absolute atomic E-state index is 12.8. The summed E-state index contributed by atoms with van der Waals surface area (Å²) in [5, 5.41) is 14.4. The number of hydrogen-bond donors (Lipinski definition) is 2. The topological polar surface area (TPSA) is 104 Å². The lowest BCUT2D eigenvalue weighted by molar-refractivity contribution is -0.122. The molecule has 2 N–H and O–H groups in total. The summed E-state index contributed by atoms with van der Waals surface area (Å²) >= 11 is 6.81. The van der Waals surface area contributed by atoms with Crippen LogP contribution in [0, 0.1) is 5.92 Å². The molecule has 3 rings (SSSR count). The van der Waals surface area contributed by atoms with Crippen LogP contribution in [0.4, 0.5) is 5.69 Å². The number of carbonyl (C=O) groups excluding carboxylic acids is 3. The third kappa shape index (κ3) is 6.48. The lowest BCUT2D eigenvalue weighted by atomic mass is 9.93. The first kappa shape index (κ1) is 23.1. The van der Waals surface area contributed by atoms with E-state index in [2.05, 4.69) is 20.8 Å². The van der Waals surface area contributed by atoms with Gasteiger partial charge in [-0.1, -0.05) is 29.9 Å². The summed E-state index contributed by atoms with van der Waals surface area (Å²) in [4.78, 5) is 38.9. The Kier molecular flexibility index (Phi) is 7.97. The van der Waals surface area contributed by atoms with E-state index < -0.39 is 5.91 Å². The molecule has 1 aromatic carbocycles. The predicted molar refractivity (Wildman–Crippen MR) is 120 cm³/mol. The van der Waals surface area contributed by atoms with Crippen LogP contribution in [0.1, 0.15) is 59.1 Å². The number of halogens is 1. The van der Waals surface area contributed by atoms with Crippen molar-refractivity contribution in [2.24, 2.45) is 5.92 Å². The van der Waals surface area contributed by atoms with Gasteiger partial charge < -0.3 is 15.5 Å². The van der Waals surface area contributed by atoms with Gasteiger partial charge in [0.15, 0.2) is 0 Å². The second-order valence-corrected chi connectivity index (χ2v) is 9.10. The Hall–Kier alpha value is -2.52. The highest BCUT2D eigenvalue weighted by molar-refractivity contribution is 7.15. The maximum Gasteiger partial charge on any atom is 0.286 e. The van der Waals surface area contributed by atoms with Gasteiger partial charge in [0.25, 0.3) is 11.8 Å². The number of amides is 3. The summed E-state index contributed by atoms with van der Waals surface area (Å²) in [6.07, 6.45) is 2.92. The Labute approximate surface area is 190 Å². The lowest BCUT2D eigenvalue weighted by Crippen LogP contribution is -2.40. The summed E-state index contributed by atoms with van der Waals surface area (Å²) in [5.74, 6) is -0.321. The third-order valence-electron chi connectivity index (χ3n) is 5.30. The molecule has 0 radical (unpaired) electrons. The number of aromatic nitrogens is 2. The number of likely N-dealkylation sites (tertiary alicyclic amines) is 1. The minimum Gasteiger partial charge on any atom is -0.354 e. The highest BCUT2D eigenvalue weighted by Gasteiger charge is 2.28. The zero-order valence-electron chi connectivity index (χ0n) is 17.6. The molecule has 1 aliphatic heterocycles. The molecule has 0 spiro atoms. The molecule has 3 amide bonds. The van der Waals surface area contributed by atoms with E-state index in [9.17, 15) is 14.4 Å². The van der Waals surface area contributed by atoms with Crippen molar-refractivity contribution in [1.29, 1.82) is 0 Å². The molecule has 0 aliphatic carbocycles. The van der Waals surface area contributed by atoms with Crippen LogP contribution in [-0.4, -0.2) is 52.0 Å². The molecule has 0 bridgehead atoms. The smallest absolute Gasteiger partial charge is 0.286 e. The molecule has 31 heavy (non-hydrogen) atoms. The van der Waals surface area contributed by atoms with Gasteiger partial charge in [0.05, 0.1) is 0 Å². The second kappa shape index (κ2) is 10.7. The quantitative estimate of drug-likeness (QED) is 0.652. The van der Waals surface area contributed by atoms with Crippen LogP contribution >= 0.6 is 22.9 Å². The third-order valence-corrected chi connectivity index (χ3v) is 6.46. The maximum atomic E-state index is 12.8. The molecule has 166 valence electrons. The van der Waals surface area contributed by atoms with Crippen molar-refractivity contribution in [2.75, 3.05) is 18.4 Å². The number of carbonyl (C=O) groups is 3. The fourth-order valence-electron chi connectivity index (χ4n) is 3.29. The molecule has 2 aromatic rings. The average molecular weight is 464 g/mol. The molecule has 2 heterocycles. The van der Waals surface area contributed by atoms with E-state index in [0.717, 1.165) is 30.6 Å².